The zero-order valence-electron chi connectivity index (χ0n) is 18.8. The lowest BCUT2D eigenvalue weighted by Gasteiger charge is -2.17. The van der Waals surface area contributed by atoms with Crippen molar-refractivity contribution in [3.63, 3.8) is 0 Å². The number of pyridine rings is 2. The van der Waals surface area contributed by atoms with Crippen LogP contribution in [0.3, 0.4) is 0 Å². The third-order valence-electron chi connectivity index (χ3n) is 5.98. The second kappa shape index (κ2) is 9.11. The number of benzene rings is 1. The zero-order chi connectivity index (χ0) is 23.7. The smallest absolute Gasteiger partial charge is 0.254 e. The quantitative estimate of drug-likeness (QED) is 0.453. The van der Waals surface area contributed by atoms with Gasteiger partial charge in [-0.3, -0.25) is 14.8 Å². The van der Waals surface area contributed by atoms with Gasteiger partial charge < -0.3 is 15.4 Å². The van der Waals surface area contributed by atoms with Gasteiger partial charge in [-0.2, -0.15) is 0 Å². The summed E-state index contributed by atoms with van der Waals surface area (Å²) in [4.78, 5) is 29.7. The first-order chi connectivity index (χ1) is 16.5. The van der Waals surface area contributed by atoms with Gasteiger partial charge in [0.25, 0.3) is 5.91 Å². The molecule has 2 N–H and O–H groups in total. The van der Waals surface area contributed by atoms with Crippen LogP contribution in [0.1, 0.15) is 40.0 Å². The minimum Gasteiger partial charge on any atom is -0.370 e. The Morgan fingerprint density at radius 1 is 1.15 bits per heavy atom. The van der Waals surface area contributed by atoms with E-state index < -0.39 is 11.7 Å². The van der Waals surface area contributed by atoms with Crippen molar-refractivity contribution in [3.05, 3.63) is 77.3 Å². The Bertz CT molecular complexity index is 1390. The Hall–Kier alpha value is -3.98. The number of nitrogens with zero attached hydrogens (tertiary/aromatic N) is 4. The van der Waals surface area contributed by atoms with Crippen LogP contribution in [0.5, 0.6) is 0 Å². The summed E-state index contributed by atoms with van der Waals surface area (Å²) in [5.74, 6) is -0.430. The van der Waals surface area contributed by atoms with E-state index in [2.05, 4.69) is 36.6 Å². The fraction of sp³-hybridized carbons (Fsp3) is 0.240. The van der Waals surface area contributed by atoms with Crippen LogP contribution >= 0.6 is 0 Å². The summed E-state index contributed by atoms with van der Waals surface area (Å²) in [5.41, 5.74) is 5.24. The first-order valence-electron chi connectivity index (χ1n) is 11.0. The van der Waals surface area contributed by atoms with E-state index in [4.69, 9.17) is 4.74 Å². The number of amides is 1. The highest BCUT2D eigenvalue weighted by Crippen LogP contribution is 2.28. The highest BCUT2D eigenvalue weighted by Gasteiger charge is 2.19. The highest BCUT2D eigenvalue weighted by molar-refractivity contribution is 6.06. The first-order valence-corrected chi connectivity index (χ1v) is 11.0. The number of carbonyl (C=O) groups excluding carboxylic acids is 1. The molecule has 1 aliphatic heterocycles. The van der Waals surface area contributed by atoms with E-state index in [1.165, 1.54) is 13.4 Å². The average molecular weight is 458 g/mol. The van der Waals surface area contributed by atoms with Crippen LogP contribution in [0.2, 0.25) is 0 Å². The maximum Gasteiger partial charge on any atom is 0.254 e. The summed E-state index contributed by atoms with van der Waals surface area (Å²) in [7, 11) is 1.48. The minimum atomic E-state index is -0.643. The predicted molar refractivity (Wildman–Crippen MR) is 126 cm³/mol. The van der Waals surface area contributed by atoms with Crippen molar-refractivity contribution in [3.8, 4) is 11.3 Å². The van der Waals surface area contributed by atoms with Gasteiger partial charge in [0, 0.05) is 48.3 Å². The molecule has 0 saturated heterocycles. The molecule has 3 aromatic heterocycles. The van der Waals surface area contributed by atoms with Crippen LogP contribution < -0.4 is 10.6 Å². The molecule has 0 aliphatic carbocycles. The zero-order valence-corrected chi connectivity index (χ0v) is 18.8. The number of carbonyl (C=O) groups is 1. The molecule has 9 heteroatoms. The Morgan fingerprint density at radius 3 is 2.88 bits per heavy atom. The molecule has 1 amide bonds. The third kappa shape index (κ3) is 4.06. The van der Waals surface area contributed by atoms with Crippen LogP contribution in [0, 0.1) is 5.82 Å². The van der Waals surface area contributed by atoms with Crippen LogP contribution in [0.25, 0.3) is 22.2 Å². The van der Waals surface area contributed by atoms with Gasteiger partial charge in [0.05, 0.1) is 41.9 Å². The number of nitrogens with one attached hydrogen (secondary N) is 2. The molecule has 4 heterocycles. The number of hydrogen-bond acceptors (Lipinski definition) is 7. The molecule has 0 fully saturated rings. The molecule has 4 aromatic rings. The normalized spacial score (nSPS) is 13.5. The molecule has 8 nitrogen and oxygen atoms in total. The van der Waals surface area contributed by atoms with E-state index in [0.717, 1.165) is 34.3 Å². The molecule has 1 aromatic carbocycles. The monoisotopic (exact) mass is 458 g/mol. The molecule has 5 rings (SSSR count). The largest absolute Gasteiger partial charge is 0.370 e. The summed E-state index contributed by atoms with van der Waals surface area (Å²) < 4.78 is 19.8. The van der Waals surface area contributed by atoms with Crippen molar-refractivity contribution in [2.24, 2.45) is 0 Å². The van der Waals surface area contributed by atoms with E-state index >= 15 is 0 Å². The summed E-state index contributed by atoms with van der Waals surface area (Å²) in [6.45, 7) is 3.71. The van der Waals surface area contributed by atoms with E-state index in [-0.39, 0.29) is 11.5 Å². The number of anilines is 1. The number of aromatic nitrogens is 4. The van der Waals surface area contributed by atoms with Crippen molar-refractivity contribution in [2.75, 3.05) is 18.9 Å². The second-order valence-corrected chi connectivity index (χ2v) is 8.20. The van der Waals surface area contributed by atoms with Gasteiger partial charge in [0.2, 0.25) is 0 Å². The molecule has 1 unspecified atom stereocenters. The Balaban J connectivity index is 1.37. The summed E-state index contributed by atoms with van der Waals surface area (Å²) in [5, 5.41) is 6.34. The topological polar surface area (TPSA) is 102 Å². The van der Waals surface area contributed by atoms with Crippen LogP contribution in [-0.4, -0.2) is 39.4 Å². The van der Waals surface area contributed by atoms with Gasteiger partial charge in [-0.05, 0) is 11.6 Å². The van der Waals surface area contributed by atoms with Crippen molar-refractivity contribution < 1.29 is 13.9 Å². The number of halogens is 1. The summed E-state index contributed by atoms with van der Waals surface area (Å²) in [6, 6.07) is 9.40. The Labute approximate surface area is 195 Å². The van der Waals surface area contributed by atoms with Gasteiger partial charge in [0.15, 0.2) is 5.82 Å². The molecule has 0 saturated carbocycles. The van der Waals surface area contributed by atoms with Crippen molar-refractivity contribution in [2.45, 2.75) is 26.1 Å². The van der Waals surface area contributed by atoms with Gasteiger partial charge in [-0.15, -0.1) is 0 Å². The summed E-state index contributed by atoms with van der Waals surface area (Å²) in [6.07, 6.45) is 4.42. The van der Waals surface area contributed by atoms with Gasteiger partial charge in [-0.25, -0.2) is 14.4 Å². The van der Waals surface area contributed by atoms with Crippen molar-refractivity contribution in [1.82, 2.24) is 25.3 Å². The molecule has 1 aliphatic rings. The molecule has 172 valence electrons. The van der Waals surface area contributed by atoms with E-state index in [1.807, 2.05) is 25.1 Å². The molecule has 0 bridgehead atoms. The number of para-hydroxylation sites is 1. The van der Waals surface area contributed by atoms with E-state index in [1.54, 1.807) is 12.3 Å². The molecular weight excluding hydrogens is 435 g/mol. The number of ether oxygens (including phenoxy) is 1. The molecular formula is C25H23FN6O2. The standard InChI is InChI=1S/C25H23FN6O2/c1-14(17-4-3-5-18-23(25(33)27-2)19(26)10-30-24(17)18)8-29-22-7-20(31-13-32-22)15-6-16-11-34-12-21(16)28-9-15/h3-7,9-10,13-14H,8,11-12H2,1-2H3,(H,27,33)(H,29,31,32). The van der Waals surface area contributed by atoms with Gasteiger partial charge in [-0.1, -0.05) is 25.1 Å². The predicted octanol–water partition coefficient (Wildman–Crippen LogP) is 3.83. The first kappa shape index (κ1) is 21.8. The van der Waals surface area contributed by atoms with E-state index in [0.29, 0.717) is 36.5 Å². The molecule has 0 radical (unpaired) electrons. The fourth-order valence-electron chi connectivity index (χ4n) is 4.15. The van der Waals surface area contributed by atoms with Crippen molar-refractivity contribution >= 4 is 22.6 Å². The lowest BCUT2D eigenvalue weighted by molar-refractivity contribution is 0.0960. The lowest BCUT2D eigenvalue weighted by Crippen LogP contribution is -2.20. The minimum absolute atomic E-state index is 0.00306. The summed E-state index contributed by atoms with van der Waals surface area (Å²) >= 11 is 0. The fourth-order valence-corrected chi connectivity index (χ4v) is 4.15. The third-order valence-corrected chi connectivity index (χ3v) is 5.98. The Morgan fingerprint density at radius 2 is 2.03 bits per heavy atom. The van der Waals surface area contributed by atoms with E-state index in [9.17, 15) is 9.18 Å². The van der Waals surface area contributed by atoms with Gasteiger partial charge in [0.1, 0.15) is 12.1 Å². The molecule has 1 atom stereocenters. The molecule has 0 spiro atoms. The maximum absolute atomic E-state index is 14.3. The van der Waals surface area contributed by atoms with Crippen LogP contribution in [0.15, 0.2) is 49.1 Å². The number of rotatable bonds is 6. The second-order valence-electron chi connectivity index (χ2n) is 8.20. The lowest BCUT2D eigenvalue weighted by atomic mass is 9.96. The highest BCUT2D eigenvalue weighted by atomic mass is 19.1. The maximum atomic E-state index is 14.3. The van der Waals surface area contributed by atoms with Crippen LogP contribution in [0.4, 0.5) is 10.2 Å². The number of hydrogen-bond donors (Lipinski definition) is 2. The average Bonchev–Trinajstić information content (AvgIpc) is 3.34. The van der Waals surface area contributed by atoms with Gasteiger partial charge >= 0.3 is 0 Å². The molecule has 34 heavy (non-hydrogen) atoms. The SMILES string of the molecule is CNC(=O)c1c(F)cnc2c(C(C)CNc3cc(-c4cnc5c(c4)COC5)ncn3)cccc12. The van der Waals surface area contributed by atoms with Crippen LogP contribution in [-0.2, 0) is 18.0 Å². The Kier molecular flexibility index (Phi) is 5.85. The number of fused-ring (bicyclic) bond motifs is 2. The van der Waals surface area contributed by atoms with Crippen molar-refractivity contribution in [1.29, 1.82) is 0 Å².